The Morgan fingerprint density at radius 3 is 1.43 bits per heavy atom. The fraction of sp³-hybridized carbons (Fsp3) is 0.379. The van der Waals surface area contributed by atoms with Gasteiger partial charge in [-0.15, -0.1) is 0 Å². The molecule has 0 amide bonds. The number of nitrogens with zero attached hydrogens (tertiary/aromatic N) is 1. The predicted molar refractivity (Wildman–Crippen MR) is 141 cm³/mol. The Bertz CT molecular complexity index is 1210. The average molecular weight is 508 g/mol. The summed E-state index contributed by atoms with van der Waals surface area (Å²) >= 11 is 0. The minimum Gasteiger partial charge on any atom is -0.496 e. The number of nitro groups is 1. The van der Waals surface area contributed by atoms with Gasteiger partial charge in [-0.25, -0.2) is 0 Å². The highest BCUT2D eigenvalue weighted by Crippen LogP contribution is 2.47. The van der Waals surface area contributed by atoms with Gasteiger partial charge in [-0.1, -0.05) is 12.1 Å². The van der Waals surface area contributed by atoms with Crippen molar-refractivity contribution in [3.63, 3.8) is 0 Å². The smallest absolute Gasteiger partial charge is 0.285 e. The van der Waals surface area contributed by atoms with E-state index in [0.29, 0.717) is 73.4 Å². The molecule has 0 aromatic heterocycles. The molecule has 8 heteroatoms. The van der Waals surface area contributed by atoms with Crippen molar-refractivity contribution < 1.29 is 28.6 Å². The highest BCUT2D eigenvalue weighted by Gasteiger charge is 2.28. The Balaban J connectivity index is 2.05. The number of benzene rings is 3. The maximum absolute atomic E-state index is 12.7. The van der Waals surface area contributed by atoms with Crippen molar-refractivity contribution in [3.05, 3.63) is 74.3 Å². The molecule has 1 aliphatic rings. The second kappa shape index (κ2) is 11.7. The van der Waals surface area contributed by atoms with Crippen molar-refractivity contribution >= 4 is 5.69 Å². The lowest BCUT2D eigenvalue weighted by molar-refractivity contribution is -0.383. The number of rotatable bonds is 3. The summed E-state index contributed by atoms with van der Waals surface area (Å²) in [7, 11) is 3.15. The standard InChI is InChI=1S/C29H33NO7/c1-18-10-21-16-36-8-6-35-7-9-37-17-22-11-19(2)15-26(29(22)34-5)24-13-20(3)12-23(27(24)30(31)32)25(14-18)28(21)33-4/h10-15H,6-9,16-17H2,1-5H3. The van der Waals surface area contributed by atoms with Crippen LogP contribution in [0.1, 0.15) is 27.8 Å². The van der Waals surface area contributed by atoms with Gasteiger partial charge in [0.25, 0.3) is 5.69 Å². The monoisotopic (exact) mass is 507 g/mol. The first-order valence-corrected chi connectivity index (χ1v) is 12.2. The molecular weight excluding hydrogens is 474 g/mol. The molecule has 0 saturated heterocycles. The third-order valence-corrected chi connectivity index (χ3v) is 6.30. The van der Waals surface area contributed by atoms with E-state index in [1.54, 1.807) is 14.2 Å². The SMILES string of the molecule is COc1c2cc(C)cc1-c1cc(C)cc(c1[N+](=O)[O-])-c1cc(C)cc(c1OC)COCCOCCOC2. The van der Waals surface area contributed by atoms with Gasteiger partial charge in [-0.3, -0.25) is 10.1 Å². The van der Waals surface area contributed by atoms with E-state index < -0.39 is 0 Å². The van der Waals surface area contributed by atoms with E-state index in [1.165, 1.54) is 0 Å². The topological polar surface area (TPSA) is 89.3 Å². The number of aryl methyl sites for hydroxylation is 3. The number of ether oxygens (including phenoxy) is 5. The first kappa shape index (κ1) is 26.6. The van der Waals surface area contributed by atoms with Gasteiger partial charge in [-0.2, -0.15) is 0 Å². The molecule has 37 heavy (non-hydrogen) atoms. The molecule has 3 aromatic rings. The maximum atomic E-state index is 12.7. The van der Waals surface area contributed by atoms with Gasteiger partial charge in [-0.05, 0) is 61.7 Å². The molecule has 0 fully saturated rings. The van der Waals surface area contributed by atoms with Crippen molar-refractivity contribution in [2.24, 2.45) is 0 Å². The van der Waals surface area contributed by atoms with Crippen LogP contribution in [0.25, 0.3) is 22.3 Å². The van der Waals surface area contributed by atoms with Gasteiger partial charge < -0.3 is 23.7 Å². The average Bonchev–Trinajstić information content (AvgIpc) is 2.85. The molecular formula is C29H33NO7. The Hall–Kier alpha value is -3.46. The van der Waals surface area contributed by atoms with Crippen LogP contribution >= 0.6 is 0 Å². The molecule has 196 valence electrons. The molecule has 0 saturated carbocycles. The van der Waals surface area contributed by atoms with Crippen LogP contribution in [0.15, 0.2) is 36.4 Å². The third kappa shape index (κ3) is 5.77. The van der Waals surface area contributed by atoms with E-state index in [2.05, 4.69) is 0 Å². The van der Waals surface area contributed by atoms with E-state index in [1.807, 2.05) is 57.2 Å². The van der Waals surface area contributed by atoms with Crippen LogP contribution in [0.5, 0.6) is 11.5 Å². The summed E-state index contributed by atoms with van der Waals surface area (Å²) in [5.74, 6) is 1.11. The fourth-order valence-corrected chi connectivity index (χ4v) is 4.88. The van der Waals surface area contributed by atoms with Crippen molar-refractivity contribution in [2.45, 2.75) is 34.0 Å². The number of fused-ring (bicyclic) bond motifs is 8. The molecule has 0 atom stereocenters. The van der Waals surface area contributed by atoms with Crippen LogP contribution in [0.4, 0.5) is 5.69 Å². The molecule has 3 aromatic carbocycles. The van der Waals surface area contributed by atoms with E-state index in [-0.39, 0.29) is 10.6 Å². The van der Waals surface area contributed by atoms with Crippen LogP contribution < -0.4 is 9.47 Å². The van der Waals surface area contributed by atoms with E-state index in [0.717, 1.165) is 27.8 Å². The van der Waals surface area contributed by atoms with Crippen LogP contribution in [-0.4, -0.2) is 45.6 Å². The number of hydrogen-bond donors (Lipinski definition) is 0. The van der Waals surface area contributed by atoms with Gasteiger partial charge in [0, 0.05) is 22.3 Å². The van der Waals surface area contributed by atoms with Crippen molar-refractivity contribution in [2.75, 3.05) is 40.6 Å². The van der Waals surface area contributed by atoms with E-state index in [9.17, 15) is 10.1 Å². The van der Waals surface area contributed by atoms with Gasteiger partial charge >= 0.3 is 0 Å². The van der Waals surface area contributed by atoms with Gasteiger partial charge in [0.15, 0.2) is 0 Å². The van der Waals surface area contributed by atoms with Crippen molar-refractivity contribution in [1.82, 2.24) is 0 Å². The van der Waals surface area contributed by atoms with Crippen molar-refractivity contribution in [3.8, 4) is 33.8 Å². The number of nitro benzene ring substituents is 1. The second-order valence-electron chi connectivity index (χ2n) is 9.19. The first-order valence-electron chi connectivity index (χ1n) is 12.2. The zero-order chi connectivity index (χ0) is 26.5. The van der Waals surface area contributed by atoms with Crippen LogP contribution in [0.2, 0.25) is 0 Å². The molecule has 0 radical (unpaired) electrons. The maximum Gasteiger partial charge on any atom is 0.285 e. The summed E-state index contributed by atoms with van der Waals surface area (Å²) in [6.07, 6.45) is 0. The zero-order valence-corrected chi connectivity index (χ0v) is 22.0. The van der Waals surface area contributed by atoms with Crippen molar-refractivity contribution in [1.29, 1.82) is 0 Å². The summed E-state index contributed by atoms with van der Waals surface area (Å²) in [6, 6.07) is 11.5. The quantitative estimate of drug-likeness (QED) is 0.320. The Morgan fingerprint density at radius 1 is 0.649 bits per heavy atom. The summed E-state index contributed by atoms with van der Waals surface area (Å²) in [6.45, 7) is 8.08. The number of hydrogen-bond acceptors (Lipinski definition) is 7. The lowest BCUT2D eigenvalue weighted by Gasteiger charge is -2.19. The normalized spacial score (nSPS) is 14.4. The van der Waals surface area contributed by atoms with E-state index >= 15 is 0 Å². The predicted octanol–water partition coefficient (Wildman–Crippen LogP) is 5.93. The first-order chi connectivity index (χ1) is 17.8. The highest BCUT2D eigenvalue weighted by atomic mass is 16.6. The molecule has 0 unspecified atom stereocenters. The molecule has 4 rings (SSSR count). The van der Waals surface area contributed by atoms with Crippen LogP contribution in [0.3, 0.4) is 0 Å². The lowest BCUT2D eigenvalue weighted by atomic mass is 9.90. The summed E-state index contributed by atoms with van der Waals surface area (Å²) in [5.41, 5.74) is 6.65. The molecule has 0 N–H and O–H groups in total. The van der Waals surface area contributed by atoms with E-state index in [4.69, 9.17) is 23.7 Å². The Kier molecular flexibility index (Phi) is 8.43. The van der Waals surface area contributed by atoms with Gasteiger partial charge in [0.1, 0.15) is 11.5 Å². The molecule has 1 aliphatic heterocycles. The molecule has 6 bridgehead atoms. The molecule has 0 aliphatic carbocycles. The minimum absolute atomic E-state index is 0.00773. The highest BCUT2D eigenvalue weighted by molar-refractivity contribution is 5.91. The molecule has 8 nitrogen and oxygen atoms in total. The van der Waals surface area contributed by atoms with Crippen LogP contribution in [0, 0.1) is 30.9 Å². The number of methoxy groups -OCH3 is 2. The summed E-state index contributed by atoms with van der Waals surface area (Å²) < 4.78 is 29.0. The summed E-state index contributed by atoms with van der Waals surface area (Å²) in [4.78, 5) is 12.4. The molecule has 0 spiro atoms. The summed E-state index contributed by atoms with van der Waals surface area (Å²) in [5, 5.41) is 12.7. The largest absolute Gasteiger partial charge is 0.496 e. The second-order valence-corrected chi connectivity index (χ2v) is 9.19. The zero-order valence-electron chi connectivity index (χ0n) is 22.0. The van der Waals surface area contributed by atoms with Gasteiger partial charge in [0.05, 0.1) is 69.9 Å². The Labute approximate surface area is 217 Å². The van der Waals surface area contributed by atoms with Crippen LogP contribution in [-0.2, 0) is 27.4 Å². The Morgan fingerprint density at radius 2 is 1.03 bits per heavy atom. The van der Waals surface area contributed by atoms with Gasteiger partial charge in [0.2, 0.25) is 0 Å². The molecule has 1 heterocycles. The fourth-order valence-electron chi connectivity index (χ4n) is 4.88. The minimum atomic E-state index is -0.324. The third-order valence-electron chi connectivity index (χ3n) is 6.30. The lowest BCUT2D eigenvalue weighted by Crippen LogP contribution is -2.10.